The first kappa shape index (κ1) is 11.4. The fourth-order valence-corrected chi connectivity index (χ4v) is 2.31. The summed E-state index contributed by atoms with van der Waals surface area (Å²) in [4.78, 5) is 5.62. The van der Waals surface area contributed by atoms with Crippen molar-refractivity contribution in [3.05, 3.63) is 29.0 Å². The van der Waals surface area contributed by atoms with Crippen LogP contribution in [0.1, 0.15) is 24.3 Å². The molecule has 0 aliphatic heterocycles. The predicted octanol–water partition coefficient (Wildman–Crippen LogP) is 3.21. The molecule has 2 aromatic heterocycles. The van der Waals surface area contributed by atoms with E-state index in [4.69, 9.17) is 4.42 Å². The van der Waals surface area contributed by atoms with Crippen molar-refractivity contribution in [2.75, 3.05) is 0 Å². The van der Waals surface area contributed by atoms with Crippen LogP contribution < -0.4 is 5.32 Å². The molecule has 1 N–H and O–H groups in total. The zero-order valence-electron chi connectivity index (χ0n) is 9.78. The summed E-state index contributed by atoms with van der Waals surface area (Å²) in [5.74, 6) is 0.890. The number of thiazole rings is 1. The van der Waals surface area contributed by atoms with Crippen molar-refractivity contribution >= 4 is 11.3 Å². The summed E-state index contributed by atoms with van der Waals surface area (Å²) in [5, 5.41) is 4.34. The number of nitrogens with zero attached hydrogens (tertiary/aromatic N) is 1. The quantitative estimate of drug-likeness (QED) is 0.885. The number of hydrogen-bond acceptors (Lipinski definition) is 4. The first-order chi connectivity index (χ1) is 7.66. The fraction of sp³-hybridized carbons (Fsp3) is 0.417. The minimum absolute atomic E-state index is 0.496. The van der Waals surface area contributed by atoms with E-state index in [2.05, 4.69) is 24.1 Å². The van der Waals surface area contributed by atoms with E-state index in [1.807, 2.05) is 19.2 Å². The second-order valence-corrected chi connectivity index (χ2v) is 5.22. The molecule has 2 rings (SSSR count). The molecule has 0 unspecified atom stereocenters. The van der Waals surface area contributed by atoms with Crippen LogP contribution in [0.4, 0.5) is 0 Å². The molecule has 2 heterocycles. The van der Waals surface area contributed by atoms with Crippen LogP contribution in [0.25, 0.3) is 10.8 Å². The van der Waals surface area contributed by atoms with Crippen LogP contribution >= 0.6 is 11.3 Å². The Morgan fingerprint density at radius 3 is 2.94 bits per heavy atom. The smallest absolute Gasteiger partial charge is 0.165 e. The number of aryl methyl sites for hydroxylation is 1. The molecular weight excluding hydrogens is 220 g/mol. The first-order valence-electron chi connectivity index (χ1n) is 5.39. The topological polar surface area (TPSA) is 38.1 Å². The molecule has 0 amide bonds. The van der Waals surface area contributed by atoms with Gasteiger partial charge in [0.2, 0.25) is 0 Å². The van der Waals surface area contributed by atoms with Crippen LogP contribution in [0.5, 0.6) is 0 Å². The van der Waals surface area contributed by atoms with Crippen LogP contribution in [0, 0.1) is 6.92 Å². The third kappa shape index (κ3) is 2.51. The van der Waals surface area contributed by atoms with Crippen LogP contribution in [0.15, 0.2) is 22.9 Å². The van der Waals surface area contributed by atoms with Crippen molar-refractivity contribution in [1.29, 1.82) is 0 Å². The van der Waals surface area contributed by atoms with Crippen molar-refractivity contribution in [1.82, 2.24) is 10.3 Å². The standard InChI is InChI=1S/C12H16N2OS/c1-8(2)13-6-10-7-14-12(16-10)11-9(3)4-5-15-11/h4-5,7-8,13H,6H2,1-3H3. The number of nitrogens with one attached hydrogen (secondary N) is 1. The lowest BCUT2D eigenvalue weighted by Gasteiger charge is -2.04. The van der Waals surface area contributed by atoms with Crippen molar-refractivity contribution < 1.29 is 4.42 Å². The average molecular weight is 236 g/mol. The maximum absolute atomic E-state index is 5.42. The van der Waals surface area contributed by atoms with Crippen molar-refractivity contribution in [3.8, 4) is 10.8 Å². The van der Waals surface area contributed by atoms with Gasteiger partial charge in [-0.3, -0.25) is 0 Å². The molecule has 0 aliphatic rings. The van der Waals surface area contributed by atoms with Crippen molar-refractivity contribution in [2.24, 2.45) is 0 Å². The third-order valence-electron chi connectivity index (χ3n) is 2.29. The van der Waals surface area contributed by atoms with Gasteiger partial charge in [-0.1, -0.05) is 13.8 Å². The Balaban J connectivity index is 2.11. The number of rotatable bonds is 4. The maximum Gasteiger partial charge on any atom is 0.165 e. The average Bonchev–Trinajstić information content (AvgIpc) is 2.83. The van der Waals surface area contributed by atoms with E-state index in [9.17, 15) is 0 Å². The molecule has 0 aliphatic carbocycles. The molecule has 2 aromatic rings. The first-order valence-corrected chi connectivity index (χ1v) is 6.21. The normalized spacial score (nSPS) is 11.2. The van der Waals surface area contributed by atoms with Crippen LogP contribution in [0.3, 0.4) is 0 Å². The lowest BCUT2D eigenvalue weighted by molar-refractivity contribution is 0.580. The van der Waals surface area contributed by atoms with E-state index in [1.165, 1.54) is 4.88 Å². The maximum atomic E-state index is 5.42. The van der Waals surface area contributed by atoms with Gasteiger partial charge in [-0.25, -0.2) is 4.98 Å². The molecule has 0 bridgehead atoms. The lowest BCUT2D eigenvalue weighted by Crippen LogP contribution is -2.21. The minimum Gasteiger partial charge on any atom is -0.462 e. The van der Waals surface area contributed by atoms with Crippen molar-refractivity contribution in [2.45, 2.75) is 33.4 Å². The summed E-state index contributed by atoms with van der Waals surface area (Å²) < 4.78 is 5.42. The van der Waals surface area contributed by atoms with Gasteiger partial charge in [-0.2, -0.15) is 0 Å². The van der Waals surface area contributed by atoms with Crippen LogP contribution in [-0.4, -0.2) is 11.0 Å². The monoisotopic (exact) mass is 236 g/mol. The molecule has 4 heteroatoms. The van der Waals surface area contributed by atoms with Gasteiger partial charge in [-0.15, -0.1) is 11.3 Å². The summed E-state index contributed by atoms with van der Waals surface area (Å²) >= 11 is 1.68. The summed E-state index contributed by atoms with van der Waals surface area (Å²) in [6.45, 7) is 7.18. The SMILES string of the molecule is Cc1ccoc1-c1ncc(CNC(C)C)s1. The van der Waals surface area contributed by atoms with Gasteiger partial charge in [-0.05, 0) is 18.6 Å². The Bertz CT molecular complexity index is 459. The number of aromatic nitrogens is 1. The zero-order chi connectivity index (χ0) is 11.5. The summed E-state index contributed by atoms with van der Waals surface area (Å²) in [6.07, 6.45) is 3.62. The van der Waals surface area contributed by atoms with Gasteiger partial charge < -0.3 is 9.73 Å². The molecule has 16 heavy (non-hydrogen) atoms. The Kier molecular flexibility index (Phi) is 3.41. The van der Waals surface area contributed by atoms with Gasteiger partial charge in [0.15, 0.2) is 10.8 Å². The summed E-state index contributed by atoms with van der Waals surface area (Å²) in [6, 6.07) is 2.46. The Morgan fingerprint density at radius 1 is 1.50 bits per heavy atom. The van der Waals surface area contributed by atoms with Crippen LogP contribution in [0.2, 0.25) is 0 Å². The molecule has 0 spiro atoms. The number of hydrogen-bond donors (Lipinski definition) is 1. The van der Waals surface area contributed by atoms with E-state index in [1.54, 1.807) is 17.6 Å². The van der Waals surface area contributed by atoms with Crippen molar-refractivity contribution in [3.63, 3.8) is 0 Å². The van der Waals surface area contributed by atoms with Gasteiger partial charge in [0, 0.05) is 23.7 Å². The summed E-state index contributed by atoms with van der Waals surface area (Å²) in [7, 11) is 0. The zero-order valence-corrected chi connectivity index (χ0v) is 10.6. The van der Waals surface area contributed by atoms with Gasteiger partial charge in [0.25, 0.3) is 0 Å². The highest BCUT2D eigenvalue weighted by Crippen LogP contribution is 2.28. The van der Waals surface area contributed by atoms with Gasteiger partial charge in [0.05, 0.1) is 6.26 Å². The van der Waals surface area contributed by atoms with E-state index in [0.717, 1.165) is 22.9 Å². The van der Waals surface area contributed by atoms with Gasteiger partial charge >= 0.3 is 0 Å². The molecule has 0 atom stereocenters. The summed E-state index contributed by atoms with van der Waals surface area (Å²) in [5.41, 5.74) is 1.14. The highest BCUT2D eigenvalue weighted by Gasteiger charge is 2.10. The minimum atomic E-state index is 0.496. The fourth-order valence-electron chi connectivity index (χ4n) is 1.39. The molecule has 0 saturated carbocycles. The van der Waals surface area contributed by atoms with E-state index < -0.39 is 0 Å². The molecule has 86 valence electrons. The molecule has 0 aromatic carbocycles. The molecule has 0 saturated heterocycles. The Hall–Kier alpha value is -1.13. The second kappa shape index (κ2) is 4.80. The van der Waals surface area contributed by atoms with E-state index >= 15 is 0 Å². The third-order valence-corrected chi connectivity index (χ3v) is 3.29. The van der Waals surface area contributed by atoms with E-state index in [-0.39, 0.29) is 0 Å². The molecular formula is C12H16N2OS. The van der Waals surface area contributed by atoms with Crippen LogP contribution in [-0.2, 0) is 6.54 Å². The Labute approximate surface area is 99.5 Å². The molecule has 0 radical (unpaired) electrons. The molecule has 0 fully saturated rings. The Morgan fingerprint density at radius 2 is 2.31 bits per heavy atom. The largest absolute Gasteiger partial charge is 0.462 e. The number of furan rings is 1. The highest BCUT2D eigenvalue weighted by molar-refractivity contribution is 7.14. The lowest BCUT2D eigenvalue weighted by atomic mass is 10.3. The predicted molar refractivity (Wildman–Crippen MR) is 66.5 cm³/mol. The molecule has 3 nitrogen and oxygen atoms in total. The van der Waals surface area contributed by atoms with Gasteiger partial charge in [0.1, 0.15) is 0 Å². The second-order valence-electron chi connectivity index (χ2n) is 4.10. The van der Waals surface area contributed by atoms with E-state index in [0.29, 0.717) is 6.04 Å². The highest BCUT2D eigenvalue weighted by atomic mass is 32.1.